The molecule has 0 saturated heterocycles. The van der Waals surface area contributed by atoms with Crippen LogP contribution in [0.3, 0.4) is 0 Å². The maximum atomic E-state index is 12.7. The Kier molecular flexibility index (Phi) is 8.65. The molecule has 0 aliphatic carbocycles. The molecule has 1 unspecified atom stereocenters. The van der Waals surface area contributed by atoms with Gasteiger partial charge in [0.2, 0.25) is 11.8 Å². The van der Waals surface area contributed by atoms with E-state index in [-0.39, 0.29) is 17.6 Å². The van der Waals surface area contributed by atoms with Gasteiger partial charge in [-0.25, -0.2) is 0 Å². The lowest BCUT2D eigenvalue weighted by molar-refractivity contribution is -0.114. The Balaban J connectivity index is 1.48. The number of aromatic nitrogens is 3. The molecule has 0 saturated carbocycles. The Morgan fingerprint density at radius 2 is 1.68 bits per heavy atom. The molecule has 2 amide bonds. The maximum Gasteiger partial charge on any atom is 0.234 e. The van der Waals surface area contributed by atoms with Gasteiger partial charge in [0.25, 0.3) is 0 Å². The first-order chi connectivity index (χ1) is 18.3. The van der Waals surface area contributed by atoms with E-state index in [1.165, 1.54) is 18.7 Å². The molecule has 4 aromatic rings. The van der Waals surface area contributed by atoms with E-state index in [1.807, 2.05) is 79.1 Å². The summed E-state index contributed by atoms with van der Waals surface area (Å²) in [4.78, 5) is 24.1. The number of benzene rings is 3. The zero-order valence-electron chi connectivity index (χ0n) is 21.6. The molecular formula is C28H29N5O4S. The average molecular weight is 532 g/mol. The van der Waals surface area contributed by atoms with E-state index in [4.69, 9.17) is 9.47 Å². The predicted molar refractivity (Wildman–Crippen MR) is 148 cm³/mol. The van der Waals surface area contributed by atoms with Crippen LogP contribution in [0, 0.1) is 6.92 Å². The zero-order chi connectivity index (χ0) is 27.1. The van der Waals surface area contributed by atoms with Gasteiger partial charge in [0.05, 0.1) is 12.9 Å². The summed E-state index contributed by atoms with van der Waals surface area (Å²) in [5.74, 6) is 1.83. The molecule has 38 heavy (non-hydrogen) atoms. The Morgan fingerprint density at radius 1 is 0.974 bits per heavy atom. The van der Waals surface area contributed by atoms with Crippen molar-refractivity contribution in [3.63, 3.8) is 0 Å². The number of aryl methyl sites for hydroxylation is 1. The topological polar surface area (TPSA) is 107 Å². The van der Waals surface area contributed by atoms with E-state index in [0.717, 1.165) is 17.0 Å². The van der Waals surface area contributed by atoms with Crippen molar-refractivity contribution in [3.05, 3.63) is 84.2 Å². The van der Waals surface area contributed by atoms with Crippen LogP contribution < -0.4 is 20.1 Å². The van der Waals surface area contributed by atoms with Crippen LogP contribution >= 0.6 is 11.8 Å². The molecule has 1 heterocycles. The molecule has 0 aliphatic rings. The highest BCUT2D eigenvalue weighted by molar-refractivity contribution is 7.99. The summed E-state index contributed by atoms with van der Waals surface area (Å²) in [7, 11) is 1.62. The number of hydrogen-bond donors (Lipinski definition) is 2. The van der Waals surface area contributed by atoms with Crippen LogP contribution in [0.1, 0.15) is 31.3 Å². The lowest BCUT2D eigenvalue weighted by atomic mass is 10.1. The maximum absolute atomic E-state index is 12.7. The van der Waals surface area contributed by atoms with E-state index in [2.05, 4.69) is 20.8 Å². The minimum absolute atomic E-state index is 0.130. The summed E-state index contributed by atoms with van der Waals surface area (Å²) in [6.07, 6.45) is -0.413. The number of nitrogens with zero attached hydrogens (tertiary/aromatic N) is 3. The van der Waals surface area contributed by atoms with Crippen LogP contribution in [0.15, 0.2) is 78.0 Å². The lowest BCUT2D eigenvalue weighted by Crippen LogP contribution is -2.15. The Labute approximate surface area is 225 Å². The summed E-state index contributed by atoms with van der Waals surface area (Å²) in [6, 6.07) is 22.4. The molecule has 3 aromatic carbocycles. The largest absolute Gasteiger partial charge is 0.497 e. The van der Waals surface area contributed by atoms with Gasteiger partial charge >= 0.3 is 0 Å². The molecule has 0 radical (unpaired) electrons. The number of thioether (sulfide) groups is 1. The van der Waals surface area contributed by atoms with Crippen LogP contribution in [0.25, 0.3) is 5.69 Å². The van der Waals surface area contributed by atoms with Crippen molar-refractivity contribution in [3.8, 4) is 17.2 Å². The number of nitrogens with one attached hydrogen (secondary N) is 2. The SMILES string of the molecule is COc1ccc(OC(C)c2nnc(SCC(=O)Nc3ccc(NC(C)=O)c(C)c3)n2-c2ccccc2)cc1. The highest BCUT2D eigenvalue weighted by atomic mass is 32.2. The van der Waals surface area contributed by atoms with Crippen molar-refractivity contribution in [2.24, 2.45) is 0 Å². The normalized spacial score (nSPS) is 11.5. The molecule has 1 aromatic heterocycles. The second-order valence-electron chi connectivity index (χ2n) is 8.50. The van der Waals surface area contributed by atoms with E-state index in [1.54, 1.807) is 19.2 Å². The van der Waals surface area contributed by atoms with E-state index in [0.29, 0.717) is 28.1 Å². The van der Waals surface area contributed by atoms with Gasteiger partial charge in [0.1, 0.15) is 11.5 Å². The van der Waals surface area contributed by atoms with Gasteiger partial charge in [0.15, 0.2) is 17.1 Å². The smallest absolute Gasteiger partial charge is 0.234 e. The molecule has 1 atom stereocenters. The second-order valence-corrected chi connectivity index (χ2v) is 9.44. The van der Waals surface area contributed by atoms with Gasteiger partial charge in [-0.3, -0.25) is 14.2 Å². The van der Waals surface area contributed by atoms with E-state index >= 15 is 0 Å². The molecule has 9 nitrogen and oxygen atoms in total. The van der Waals surface area contributed by atoms with Crippen LogP contribution in [0.2, 0.25) is 0 Å². The van der Waals surface area contributed by atoms with Gasteiger partial charge in [-0.15, -0.1) is 10.2 Å². The fourth-order valence-corrected chi connectivity index (χ4v) is 4.53. The number of carbonyl (C=O) groups is 2. The summed E-state index contributed by atoms with van der Waals surface area (Å²) in [5, 5.41) is 15.0. The van der Waals surface area contributed by atoms with Gasteiger partial charge < -0.3 is 20.1 Å². The van der Waals surface area contributed by atoms with Crippen molar-refractivity contribution in [2.75, 3.05) is 23.5 Å². The van der Waals surface area contributed by atoms with E-state index < -0.39 is 6.10 Å². The van der Waals surface area contributed by atoms with Crippen LogP contribution in [0.5, 0.6) is 11.5 Å². The van der Waals surface area contributed by atoms with Crippen molar-refractivity contribution in [1.29, 1.82) is 0 Å². The summed E-state index contributed by atoms with van der Waals surface area (Å²) in [5.41, 5.74) is 3.07. The third-order valence-corrected chi connectivity index (χ3v) is 6.49. The van der Waals surface area contributed by atoms with E-state index in [9.17, 15) is 9.59 Å². The van der Waals surface area contributed by atoms with Gasteiger partial charge in [-0.2, -0.15) is 0 Å². The minimum atomic E-state index is -0.413. The fraction of sp³-hybridized carbons (Fsp3) is 0.214. The first-order valence-electron chi connectivity index (χ1n) is 12.0. The van der Waals surface area contributed by atoms with Crippen molar-refractivity contribution >= 4 is 35.0 Å². The molecule has 2 N–H and O–H groups in total. The number of methoxy groups -OCH3 is 1. The first-order valence-corrected chi connectivity index (χ1v) is 12.9. The molecular weight excluding hydrogens is 502 g/mol. The number of carbonyl (C=O) groups excluding carboxylic acids is 2. The molecule has 0 spiro atoms. The number of para-hydroxylation sites is 1. The number of hydrogen-bond acceptors (Lipinski definition) is 7. The molecule has 0 aliphatic heterocycles. The number of rotatable bonds is 10. The summed E-state index contributed by atoms with van der Waals surface area (Å²) in [6.45, 7) is 5.23. The highest BCUT2D eigenvalue weighted by Crippen LogP contribution is 2.29. The Morgan fingerprint density at radius 3 is 2.34 bits per heavy atom. The zero-order valence-corrected chi connectivity index (χ0v) is 22.4. The second kappa shape index (κ2) is 12.3. The standard InChI is InChI=1S/C28H29N5O4S/c1-18-16-21(10-15-25(18)29-20(3)34)30-26(35)17-38-28-32-31-27(33(28)22-8-6-5-7-9-22)19(2)37-24-13-11-23(36-4)12-14-24/h5-16,19H,17H2,1-4H3,(H,29,34)(H,30,35). The Hall–Kier alpha value is -4.31. The summed E-state index contributed by atoms with van der Waals surface area (Å²) < 4.78 is 13.2. The highest BCUT2D eigenvalue weighted by Gasteiger charge is 2.22. The molecule has 196 valence electrons. The van der Waals surface area contributed by atoms with Crippen molar-refractivity contribution in [1.82, 2.24) is 14.8 Å². The number of amides is 2. The van der Waals surface area contributed by atoms with Crippen LogP contribution in [-0.4, -0.2) is 39.4 Å². The summed E-state index contributed by atoms with van der Waals surface area (Å²) >= 11 is 1.28. The molecule has 10 heteroatoms. The average Bonchev–Trinajstić information content (AvgIpc) is 3.34. The molecule has 0 fully saturated rings. The lowest BCUT2D eigenvalue weighted by Gasteiger charge is -2.17. The van der Waals surface area contributed by atoms with Crippen molar-refractivity contribution < 1.29 is 19.1 Å². The van der Waals surface area contributed by atoms with Gasteiger partial charge in [0, 0.05) is 24.0 Å². The quantitative estimate of drug-likeness (QED) is 0.263. The van der Waals surface area contributed by atoms with Crippen LogP contribution in [-0.2, 0) is 9.59 Å². The van der Waals surface area contributed by atoms with Crippen molar-refractivity contribution in [2.45, 2.75) is 32.0 Å². The van der Waals surface area contributed by atoms with Crippen LogP contribution in [0.4, 0.5) is 11.4 Å². The number of anilines is 2. The third-order valence-electron chi connectivity index (χ3n) is 5.56. The monoisotopic (exact) mass is 531 g/mol. The van der Waals surface area contributed by atoms with Gasteiger partial charge in [-0.1, -0.05) is 30.0 Å². The minimum Gasteiger partial charge on any atom is -0.497 e. The number of ether oxygens (including phenoxy) is 2. The molecule has 4 rings (SSSR count). The molecule has 0 bridgehead atoms. The Bertz CT molecular complexity index is 1410. The predicted octanol–water partition coefficient (Wildman–Crippen LogP) is 5.41. The fourth-order valence-electron chi connectivity index (χ4n) is 3.77. The van der Waals surface area contributed by atoms with Gasteiger partial charge in [-0.05, 0) is 74.0 Å². The third kappa shape index (κ3) is 6.71. The first kappa shape index (κ1) is 26.7.